The van der Waals surface area contributed by atoms with E-state index >= 15 is 0 Å². The van der Waals surface area contributed by atoms with Crippen LogP contribution in [0.1, 0.15) is 17.1 Å². The van der Waals surface area contributed by atoms with Crippen molar-refractivity contribution in [3.63, 3.8) is 0 Å². The van der Waals surface area contributed by atoms with Crippen LogP contribution in [0.2, 0.25) is 0 Å². The standard InChI is InChI=1S/C12H15N3O3S/c1-8-7-14-4-3-11(8)15-19(16,17)12-5-10(6-13)18-9(12)2/h3-5,7H,6,13H2,1-2H3,(H,14,15). The van der Waals surface area contributed by atoms with Crippen molar-refractivity contribution in [2.75, 3.05) is 4.72 Å². The van der Waals surface area contributed by atoms with Crippen LogP contribution in [0.4, 0.5) is 5.69 Å². The summed E-state index contributed by atoms with van der Waals surface area (Å²) in [7, 11) is -3.68. The van der Waals surface area contributed by atoms with E-state index < -0.39 is 10.0 Å². The van der Waals surface area contributed by atoms with Gasteiger partial charge in [-0.2, -0.15) is 0 Å². The molecule has 0 saturated carbocycles. The van der Waals surface area contributed by atoms with E-state index in [0.717, 1.165) is 5.56 Å². The zero-order chi connectivity index (χ0) is 14.0. The SMILES string of the molecule is Cc1cnccc1NS(=O)(=O)c1cc(CN)oc1C. The summed E-state index contributed by atoms with van der Waals surface area (Å²) in [5.74, 6) is 0.754. The molecule has 2 aromatic rings. The van der Waals surface area contributed by atoms with Crippen LogP contribution in [0.15, 0.2) is 33.8 Å². The number of hydrogen-bond donors (Lipinski definition) is 2. The Kier molecular flexibility index (Phi) is 3.59. The van der Waals surface area contributed by atoms with Gasteiger partial charge in [0, 0.05) is 18.5 Å². The van der Waals surface area contributed by atoms with Gasteiger partial charge in [0.2, 0.25) is 0 Å². The lowest BCUT2D eigenvalue weighted by Crippen LogP contribution is -2.14. The van der Waals surface area contributed by atoms with Crippen molar-refractivity contribution < 1.29 is 12.8 Å². The van der Waals surface area contributed by atoms with Crippen LogP contribution in [0.25, 0.3) is 0 Å². The average Bonchev–Trinajstić information content (AvgIpc) is 2.74. The van der Waals surface area contributed by atoms with Gasteiger partial charge in [0.25, 0.3) is 10.0 Å². The Hall–Kier alpha value is -1.86. The Bertz CT molecular complexity index is 692. The number of pyridine rings is 1. The summed E-state index contributed by atoms with van der Waals surface area (Å²) >= 11 is 0. The molecule has 0 bridgehead atoms. The number of nitrogens with zero attached hydrogens (tertiary/aromatic N) is 1. The first-order chi connectivity index (χ1) is 8.94. The molecule has 0 fully saturated rings. The Morgan fingerprint density at radius 2 is 2.16 bits per heavy atom. The third-order valence-corrected chi connectivity index (χ3v) is 4.15. The third-order valence-electron chi connectivity index (χ3n) is 2.68. The smallest absolute Gasteiger partial charge is 0.265 e. The predicted octanol–water partition coefficient (Wildman–Crippen LogP) is 1.55. The molecule has 2 aromatic heterocycles. The highest BCUT2D eigenvalue weighted by molar-refractivity contribution is 7.92. The van der Waals surface area contributed by atoms with Crippen LogP contribution in [-0.2, 0) is 16.6 Å². The van der Waals surface area contributed by atoms with E-state index in [1.165, 1.54) is 12.3 Å². The highest BCUT2D eigenvalue weighted by Gasteiger charge is 2.21. The summed E-state index contributed by atoms with van der Waals surface area (Å²) in [6, 6.07) is 3.04. The van der Waals surface area contributed by atoms with E-state index in [2.05, 4.69) is 9.71 Å². The summed E-state index contributed by atoms with van der Waals surface area (Å²) < 4.78 is 32.3. The maximum Gasteiger partial charge on any atom is 0.265 e. The predicted molar refractivity (Wildman–Crippen MR) is 71.1 cm³/mol. The second-order valence-corrected chi connectivity index (χ2v) is 5.78. The molecule has 2 rings (SSSR count). The van der Waals surface area contributed by atoms with E-state index in [9.17, 15) is 8.42 Å². The van der Waals surface area contributed by atoms with Gasteiger partial charge in [-0.1, -0.05) is 0 Å². The van der Waals surface area contributed by atoms with Gasteiger partial charge in [-0.05, 0) is 25.5 Å². The number of nitrogens with two attached hydrogens (primary N) is 1. The van der Waals surface area contributed by atoms with E-state index in [1.54, 1.807) is 26.1 Å². The first-order valence-corrected chi connectivity index (χ1v) is 7.15. The largest absolute Gasteiger partial charge is 0.464 e. The Labute approximate surface area is 111 Å². The van der Waals surface area contributed by atoms with E-state index in [-0.39, 0.29) is 11.4 Å². The van der Waals surface area contributed by atoms with Crippen molar-refractivity contribution in [2.45, 2.75) is 25.3 Å². The normalized spacial score (nSPS) is 11.5. The lowest BCUT2D eigenvalue weighted by atomic mass is 10.3. The van der Waals surface area contributed by atoms with Crippen LogP contribution in [-0.4, -0.2) is 13.4 Å². The van der Waals surface area contributed by atoms with Gasteiger partial charge in [-0.15, -0.1) is 0 Å². The zero-order valence-corrected chi connectivity index (χ0v) is 11.5. The van der Waals surface area contributed by atoms with Gasteiger partial charge in [0.05, 0.1) is 12.2 Å². The molecule has 0 saturated heterocycles. The number of anilines is 1. The molecule has 0 aliphatic heterocycles. The second kappa shape index (κ2) is 5.02. The molecule has 0 spiro atoms. The number of furan rings is 1. The van der Waals surface area contributed by atoms with Gasteiger partial charge in [-0.25, -0.2) is 8.42 Å². The fourth-order valence-corrected chi connectivity index (χ4v) is 3.01. The molecule has 102 valence electrons. The minimum Gasteiger partial charge on any atom is -0.464 e. The van der Waals surface area contributed by atoms with Crippen LogP contribution in [0, 0.1) is 13.8 Å². The highest BCUT2D eigenvalue weighted by Crippen LogP contribution is 2.23. The summed E-state index contributed by atoms with van der Waals surface area (Å²) in [6.45, 7) is 3.52. The molecule has 3 N–H and O–H groups in total. The highest BCUT2D eigenvalue weighted by atomic mass is 32.2. The van der Waals surface area contributed by atoms with Crippen molar-refractivity contribution in [3.8, 4) is 0 Å². The maximum atomic E-state index is 12.3. The number of sulfonamides is 1. The zero-order valence-electron chi connectivity index (χ0n) is 10.7. The fourth-order valence-electron chi connectivity index (χ4n) is 1.68. The third kappa shape index (κ3) is 2.77. The summed E-state index contributed by atoms with van der Waals surface area (Å²) in [5, 5.41) is 0. The van der Waals surface area contributed by atoms with Gasteiger partial charge >= 0.3 is 0 Å². The van der Waals surface area contributed by atoms with Crippen molar-refractivity contribution in [3.05, 3.63) is 41.6 Å². The molecule has 0 aliphatic rings. The quantitative estimate of drug-likeness (QED) is 0.886. The van der Waals surface area contributed by atoms with Crippen molar-refractivity contribution in [2.24, 2.45) is 5.73 Å². The van der Waals surface area contributed by atoms with Crippen molar-refractivity contribution in [1.29, 1.82) is 0 Å². The number of aryl methyl sites for hydroxylation is 2. The molecule has 0 aliphatic carbocycles. The second-order valence-electron chi connectivity index (χ2n) is 4.13. The Morgan fingerprint density at radius 1 is 1.42 bits per heavy atom. The average molecular weight is 281 g/mol. The molecule has 0 unspecified atom stereocenters. The molecule has 0 radical (unpaired) electrons. The van der Waals surface area contributed by atoms with Gasteiger partial charge in [0.15, 0.2) is 0 Å². The van der Waals surface area contributed by atoms with Gasteiger partial charge in [0.1, 0.15) is 16.4 Å². The maximum absolute atomic E-state index is 12.3. The molecule has 7 heteroatoms. The Balaban J connectivity index is 2.38. The first-order valence-electron chi connectivity index (χ1n) is 5.67. The molecule has 0 atom stereocenters. The van der Waals surface area contributed by atoms with E-state index in [0.29, 0.717) is 17.2 Å². The van der Waals surface area contributed by atoms with Crippen LogP contribution >= 0.6 is 0 Å². The first kappa shape index (κ1) is 13.6. The topological polar surface area (TPSA) is 98.2 Å². The number of nitrogens with one attached hydrogen (secondary N) is 1. The fraction of sp³-hybridized carbons (Fsp3) is 0.250. The van der Waals surface area contributed by atoms with Gasteiger partial charge < -0.3 is 10.2 Å². The molecule has 0 aromatic carbocycles. The lowest BCUT2D eigenvalue weighted by Gasteiger charge is -2.08. The molecular weight excluding hydrogens is 266 g/mol. The molecule has 6 nitrogen and oxygen atoms in total. The molecule has 0 amide bonds. The van der Waals surface area contributed by atoms with E-state index in [4.69, 9.17) is 10.2 Å². The van der Waals surface area contributed by atoms with Crippen LogP contribution < -0.4 is 10.5 Å². The van der Waals surface area contributed by atoms with E-state index in [1.807, 2.05) is 0 Å². The number of rotatable bonds is 4. The Morgan fingerprint density at radius 3 is 2.74 bits per heavy atom. The van der Waals surface area contributed by atoms with Crippen molar-refractivity contribution >= 4 is 15.7 Å². The molecular formula is C12H15N3O3S. The molecule has 2 heterocycles. The molecule has 19 heavy (non-hydrogen) atoms. The summed E-state index contributed by atoms with van der Waals surface area (Å²) in [5.41, 5.74) is 6.67. The van der Waals surface area contributed by atoms with Crippen LogP contribution in [0.3, 0.4) is 0 Å². The monoisotopic (exact) mass is 281 g/mol. The van der Waals surface area contributed by atoms with Crippen molar-refractivity contribution in [1.82, 2.24) is 4.98 Å². The minimum atomic E-state index is -3.68. The minimum absolute atomic E-state index is 0.101. The summed E-state index contributed by atoms with van der Waals surface area (Å²) in [6.07, 6.45) is 3.11. The van der Waals surface area contributed by atoms with Crippen LogP contribution in [0.5, 0.6) is 0 Å². The number of aromatic nitrogens is 1. The lowest BCUT2D eigenvalue weighted by molar-refractivity contribution is 0.479. The number of hydrogen-bond acceptors (Lipinski definition) is 5. The van der Waals surface area contributed by atoms with Gasteiger partial charge in [-0.3, -0.25) is 9.71 Å². The summed E-state index contributed by atoms with van der Waals surface area (Å²) in [4.78, 5) is 4.01.